The molecule has 12 heavy (non-hydrogen) atoms. The average Bonchev–Trinajstić information content (AvgIpc) is 2.11. The van der Waals surface area contributed by atoms with Gasteiger partial charge < -0.3 is 5.32 Å². The predicted octanol–water partition coefficient (Wildman–Crippen LogP) is 1.47. The molecule has 1 unspecified atom stereocenters. The number of carbonyl (C=O) groups excluding carboxylic acids is 1. The van der Waals surface area contributed by atoms with E-state index in [-0.39, 0.29) is 6.42 Å². The van der Waals surface area contributed by atoms with E-state index in [2.05, 4.69) is 5.32 Å². The molecule has 5 heteroatoms. The summed E-state index contributed by atoms with van der Waals surface area (Å²) in [6, 6.07) is 0. The Hall–Kier alpha value is -0.740. The average molecular weight is 181 g/mol. The molecular formula is C7H10F3NO. The Labute approximate surface area is 68.1 Å². The number of nitrogens with one attached hydrogen (secondary N) is 1. The Kier molecular flexibility index (Phi) is 2.59. The fourth-order valence-electron chi connectivity index (χ4n) is 1.25. The summed E-state index contributed by atoms with van der Waals surface area (Å²) in [7, 11) is 0. The van der Waals surface area contributed by atoms with Crippen molar-refractivity contribution in [1.82, 2.24) is 5.32 Å². The second-order valence-corrected chi connectivity index (χ2v) is 2.88. The molecule has 0 aliphatic carbocycles. The van der Waals surface area contributed by atoms with E-state index >= 15 is 0 Å². The second kappa shape index (κ2) is 3.33. The molecular weight excluding hydrogens is 171 g/mol. The van der Waals surface area contributed by atoms with E-state index in [4.69, 9.17) is 0 Å². The van der Waals surface area contributed by atoms with Crippen molar-refractivity contribution in [3.05, 3.63) is 0 Å². The van der Waals surface area contributed by atoms with E-state index in [9.17, 15) is 18.0 Å². The van der Waals surface area contributed by atoms with Crippen LogP contribution in [0, 0.1) is 5.92 Å². The second-order valence-electron chi connectivity index (χ2n) is 2.88. The van der Waals surface area contributed by atoms with Crippen molar-refractivity contribution in [1.29, 1.82) is 0 Å². The summed E-state index contributed by atoms with van der Waals surface area (Å²) in [6.45, 7) is 0.366. The lowest BCUT2D eigenvalue weighted by Gasteiger charge is -2.16. The fourth-order valence-corrected chi connectivity index (χ4v) is 1.25. The van der Waals surface area contributed by atoms with Crippen LogP contribution in [0.1, 0.15) is 19.3 Å². The zero-order chi connectivity index (χ0) is 9.19. The Morgan fingerprint density at radius 3 is 2.58 bits per heavy atom. The zero-order valence-electron chi connectivity index (χ0n) is 6.45. The van der Waals surface area contributed by atoms with Crippen LogP contribution in [0.5, 0.6) is 0 Å². The molecule has 1 amide bonds. The normalized spacial score (nSPS) is 26.2. The molecule has 70 valence electrons. The van der Waals surface area contributed by atoms with Gasteiger partial charge in [-0.25, -0.2) is 0 Å². The lowest BCUT2D eigenvalue weighted by Crippen LogP contribution is -2.37. The van der Waals surface area contributed by atoms with Gasteiger partial charge in [0.05, 0.1) is 0 Å². The summed E-state index contributed by atoms with van der Waals surface area (Å²) < 4.78 is 36.3. The molecule has 0 saturated carbocycles. The van der Waals surface area contributed by atoms with Gasteiger partial charge in [-0.15, -0.1) is 0 Å². The molecule has 0 aromatic heterocycles. The predicted molar refractivity (Wildman–Crippen MR) is 36.4 cm³/mol. The van der Waals surface area contributed by atoms with Gasteiger partial charge in [0.1, 0.15) is 5.92 Å². The maximum absolute atomic E-state index is 12.1. The first kappa shape index (κ1) is 9.35. The minimum Gasteiger partial charge on any atom is -0.356 e. The first-order valence-electron chi connectivity index (χ1n) is 3.86. The Morgan fingerprint density at radius 1 is 1.33 bits per heavy atom. The van der Waals surface area contributed by atoms with Gasteiger partial charge in [-0.05, 0) is 12.8 Å². The standard InChI is InChI=1S/C7H10F3NO/c8-7(9,10)5-3-1-2-4-11-6(5)12/h5H,1-4H2,(H,11,12). The SMILES string of the molecule is O=C1NCCCCC1C(F)(F)F. The summed E-state index contributed by atoms with van der Waals surface area (Å²) >= 11 is 0. The van der Waals surface area contributed by atoms with Crippen molar-refractivity contribution in [2.75, 3.05) is 6.54 Å². The largest absolute Gasteiger partial charge is 0.400 e. The molecule has 1 heterocycles. The highest BCUT2D eigenvalue weighted by Crippen LogP contribution is 2.31. The third-order valence-electron chi connectivity index (χ3n) is 1.93. The summed E-state index contributed by atoms with van der Waals surface area (Å²) in [6.07, 6.45) is -3.36. The van der Waals surface area contributed by atoms with Gasteiger partial charge >= 0.3 is 6.18 Å². The van der Waals surface area contributed by atoms with Crippen molar-refractivity contribution < 1.29 is 18.0 Å². The zero-order valence-corrected chi connectivity index (χ0v) is 6.45. The van der Waals surface area contributed by atoms with Crippen LogP contribution in [0.25, 0.3) is 0 Å². The monoisotopic (exact) mass is 181 g/mol. The van der Waals surface area contributed by atoms with Crippen molar-refractivity contribution in [2.24, 2.45) is 5.92 Å². The molecule has 0 bridgehead atoms. The number of halogens is 3. The molecule has 1 rings (SSSR count). The highest BCUT2D eigenvalue weighted by atomic mass is 19.4. The topological polar surface area (TPSA) is 29.1 Å². The molecule has 1 atom stereocenters. The van der Waals surface area contributed by atoms with E-state index in [1.807, 2.05) is 0 Å². The number of carbonyl (C=O) groups is 1. The molecule has 0 aromatic carbocycles. The van der Waals surface area contributed by atoms with Crippen molar-refractivity contribution in [2.45, 2.75) is 25.4 Å². The van der Waals surface area contributed by atoms with Crippen LogP contribution in [-0.4, -0.2) is 18.6 Å². The van der Waals surface area contributed by atoms with Gasteiger partial charge in [0.2, 0.25) is 5.91 Å². The first-order valence-corrected chi connectivity index (χ1v) is 3.86. The molecule has 1 N–H and O–H groups in total. The first-order chi connectivity index (χ1) is 5.52. The van der Waals surface area contributed by atoms with Crippen LogP contribution in [0.2, 0.25) is 0 Å². The smallest absolute Gasteiger partial charge is 0.356 e. The number of hydrogen-bond donors (Lipinski definition) is 1. The van der Waals surface area contributed by atoms with Crippen molar-refractivity contribution in [3.8, 4) is 0 Å². The summed E-state index contributed by atoms with van der Waals surface area (Å²) in [5.41, 5.74) is 0. The lowest BCUT2D eigenvalue weighted by atomic mass is 10.0. The van der Waals surface area contributed by atoms with E-state index in [1.54, 1.807) is 0 Å². The van der Waals surface area contributed by atoms with Crippen molar-refractivity contribution >= 4 is 5.91 Å². The molecule has 0 aromatic rings. The number of rotatable bonds is 0. The van der Waals surface area contributed by atoms with Gasteiger partial charge in [-0.1, -0.05) is 6.42 Å². The third kappa shape index (κ3) is 2.12. The molecule has 0 spiro atoms. The lowest BCUT2D eigenvalue weighted by molar-refractivity contribution is -0.183. The fraction of sp³-hybridized carbons (Fsp3) is 0.857. The van der Waals surface area contributed by atoms with Gasteiger partial charge in [-0.3, -0.25) is 4.79 Å². The summed E-state index contributed by atoms with van der Waals surface area (Å²) in [4.78, 5) is 10.8. The highest BCUT2D eigenvalue weighted by molar-refractivity contribution is 5.79. The molecule has 1 aliphatic heterocycles. The Morgan fingerprint density at radius 2 is 2.00 bits per heavy atom. The van der Waals surface area contributed by atoms with Gasteiger partial charge in [-0.2, -0.15) is 13.2 Å². The molecule has 1 fully saturated rings. The minimum absolute atomic E-state index is 0.0741. The van der Waals surface area contributed by atoms with Crippen LogP contribution in [0.4, 0.5) is 13.2 Å². The van der Waals surface area contributed by atoms with Crippen molar-refractivity contribution in [3.63, 3.8) is 0 Å². The van der Waals surface area contributed by atoms with Crippen LogP contribution in [0.3, 0.4) is 0 Å². The summed E-state index contributed by atoms with van der Waals surface area (Å²) in [5.74, 6) is -2.67. The van der Waals surface area contributed by atoms with E-state index in [0.29, 0.717) is 19.4 Å². The van der Waals surface area contributed by atoms with Gasteiger partial charge in [0.25, 0.3) is 0 Å². The van der Waals surface area contributed by atoms with Crippen LogP contribution < -0.4 is 5.32 Å². The molecule has 2 nitrogen and oxygen atoms in total. The molecule has 0 radical (unpaired) electrons. The Bertz CT molecular complexity index is 178. The number of hydrogen-bond acceptors (Lipinski definition) is 1. The molecule has 1 saturated heterocycles. The maximum Gasteiger partial charge on any atom is 0.400 e. The third-order valence-corrected chi connectivity index (χ3v) is 1.93. The van der Waals surface area contributed by atoms with E-state index < -0.39 is 18.0 Å². The van der Waals surface area contributed by atoms with E-state index in [0.717, 1.165) is 0 Å². The highest BCUT2D eigenvalue weighted by Gasteiger charge is 2.44. The molecule has 1 aliphatic rings. The summed E-state index contributed by atoms with van der Waals surface area (Å²) in [5, 5.41) is 2.24. The van der Waals surface area contributed by atoms with Gasteiger partial charge in [0, 0.05) is 6.54 Å². The van der Waals surface area contributed by atoms with Crippen LogP contribution >= 0.6 is 0 Å². The quantitative estimate of drug-likeness (QED) is 0.602. The van der Waals surface area contributed by atoms with Gasteiger partial charge in [0.15, 0.2) is 0 Å². The minimum atomic E-state index is -4.38. The van der Waals surface area contributed by atoms with E-state index in [1.165, 1.54) is 0 Å². The Balaban J connectivity index is 2.66. The maximum atomic E-state index is 12.1. The number of amides is 1. The van der Waals surface area contributed by atoms with Crippen LogP contribution in [0.15, 0.2) is 0 Å². The number of alkyl halides is 3. The van der Waals surface area contributed by atoms with Crippen LogP contribution in [-0.2, 0) is 4.79 Å².